The highest BCUT2D eigenvalue weighted by molar-refractivity contribution is 7.18. The molecule has 0 saturated carbocycles. The fourth-order valence-corrected chi connectivity index (χ4v) is 3.97. The van der Waals surface area contributed by atoms with E-state index in [9.17, 15) is 9.59 Å². The lowest BCUT2D eigenvalue weighted by molar-refractivity contribution is -0.116. The normalized spacial score (nSPS) is 11.2. The maximum absolute atomic E-state index is 12.5. The molecule has 1 N–H and O–H groups in total. The molecule has 0 spiro atoms. The van der Waals surface area contributed by atoms with Crippen LogP contribution < -0.4 is 10.2 Å². The second-order valence-electron chi connectivity index (χ2n) is 5.95. The van der Waals surface area contributed by atoms with Crippen LogP contribution in [0.5, 0.6) is 0 Å². The van der Waals surface area contributed by atoms with Gasteiger partial charge >= 0.3 is 0 Å². The van der Waals surface area contributed by atoms with Crippen LogP contribution in [0.25, 0.3) is 0 Å². The molecule has 24 heavy (non-hydrogen) atoms. The van der Waals surface area contributed by atoms with Crippen molar-refractivity contribution in [3.63, 3.8) is 0 Å². The first-order chi connectivity index (χ1) is 11.2. The van der Waals surface area contributed by atoms with Gasteiger partial charge < -0.3 is 0 Å². The average Bonchev–Trinajstić information content (AvgIpc) is 3.05. The molecule has 2 aromatic rings. The molecule has 0 saturated heterocycles. The largest absolute Gasteiger partial charge is 0.296 e. The monoisotopic (exact) mass is 367 g/mol. The summed E-state index contributed by atoms with van der Waals surface area (Å²) in [6, 6.07) is -0.0271. The molecule has 2 amide bonds. The van der Waals surface area contributed by atoms with Gasteiger partial charge in [0.25, 0.3) is 5.91 Å². The van der Waals surface area contributed by atoms with Crippen LogP contribution in [0.2, 0.25) is 0 Å². The van der Waals surface area contributed by atoms with Crippen LogP contribution in [0.15, 0.2) is 0 Å². The summed E-state index contributed by atoms with van der Waals surface area (Å²) in [5.41, 5.74) is 0.591. The van der Waals surface area contributed by atoms with Gasteiger partial charge in [0.15, 0.2) is 5.13 Å². The van der Waals surface area contributed by atoms with Gasteiger partial charge in [-0.2, -0.15) is 0 Å². The summed E-state index contributed by atoms with van der Waals surface area (Å²) in [5, 5.41) is 12.7. The molecule has 0 aliphatic carbocycles. The molecule has 0 atom stereocenters. The molecule has 0 unspecified atom stereocenters. The molecular formula is C15H21N5O2S2. The first-order valence-electron chi connectivity index (χ1n) is 7.62. The molecule has 0 fully saturated rings. The Morgan fingerprint density at radius 3 is 2.29 bits per heavy atom. The van der Waals surface area contributed by atoms with E-state index in [0.717, 1.165) is 5.01 Å². The Balaban J connectivity index is 2.22. The van der Waals surface area contributed by atoms with Gasteiger partial charge in [-0.1, -0.05) is 36.5 Å². The molecule has 130 valence electrons. The van der Waals surface area contributed by atoms with Crippen LogP contribution in [0, 0.1) is 6.92 Å². The Bertz CT molecular complexity index is 751. The van der Waals surface area contributed by atoms with E-state index < -0.39 is 0 Å². The third-order valence-electron chi connectivity index (χ3n) is 3.21. The van der Waals surface area contributed by atoms with E-state index in [2.05, 4.69) is 20.5 Å². The molecule has 0 radical (unpaired) electrons. The van der Waals surface area contributed by atoms with E-state index in [1.165, 1.54) is 29.6 Å². The van der Waals surface area contributed by atoms with E-state index in [1.54, 1.807) is 11.8 Å². The van der Waals surface area contributed by atoms with Gasteiger partial charge in [0.1, 0.15) is 9.88 Å². The van der Waals surface area contributed by atoms with Gasteiger partial charge in [-0.3, -0.25) is 19.8 Å². The summed E-state index contributed by atoms with van der Waals surface area (Å²) >= 11 is 2.56. The van der Waals surface area contributed by atoms with Crippen LogP contribution in [0.4, 0.5) is 10.3 Å². The van der Waals surface area contributed by atoms with E-state index in [-0.39, 0.29) is 23.8 Å². The Labute approximate surface area is 149 Å². The number of hydrogen-bond donors (Lipinski definition) is 1. The third-order valence-corrected chi connectivity index (χ3v) is 5.50. The number of rotatable bonds is 5. The molecule has 0 bridgehead atoms. The van der Waals surface area contributed by atoms with E-state index in [0.29, 0.717) is 20.8 Å². The summed E-state index contributed by atoms with van der Waals surface area (Å²) in [5.74, 6) is -0.119. The topological polar surface area (TPSA) is 88.1 Å². The maximum Gasteiger partial charge on any atom is 0.269 e. The van der Waals surface area contributed by atoms with Gasteiger partial charge in [-0.25, -0.2) is 4.98 Å². The van der Waals surface area contributed by atoms with Crippen LogP contribution >= 0.6 is 22.7 Å². The summed E-state index contributed by atoms with van der Waals surface area (Å²) in [7, 11) is 0. The second kappa shape index (κ2) is 7.35. The fraction of sp³-hybridized carbons (Fsp3) is 0.533. The van der Waals surface area contributed by atoms with Crippen LogP contribution in [0.3, 0.4) is 0 Å². The van der Waals surface area contributed by atoms with Crippen LogP contribution in [-0.2, 0) is 4.79 Å². The number of anilines is 2. The number of carbonyl (C=O) groups excluding carboxylic acids is 2. The summed E-state index contributed by atoms with van der Waals surface area (Å²) in [6.45, 7) is 11.1. The Morgan fingerprint density at radius 2 is 1.79 bits per heavy atom. The number of nitrogens with one attached hydrogen (secondary N) is 1. The zero-order chi connectivity index (χ0) is 18.0. The first kappa shape index (κ1) is 18.5. The van der Waals surface area contributed by atoms with Gasteiger partial charge in [0, 0.05) is 18.9 Å². The van der Waals surface area contributed by atoms with Crippen LogP contribution in [0.1, 0.15) is 60.9 Å². The number of aromatic nitrogens is 3. The number of nitrogens with zero attached hydrogens (tertiary/aromatic N) is 4. The lowest BCUT2D eigenvalue weighted by Crippen LogP contribution is -2.34. The van der Waals surface area contributed by atoms with E-state index in [4.69, 9.17) is 0 Å². The number of hydrogen-bond acceptors (Lipinski definition) is 7. The van der Waals surface area contributed by atoms with Crippen molar-refractivity contribution in [1.82, 2.24) is 15.2 Å². The minimum absolute atomic E-state index is 0.0271. The Kier molecular flexibility index (Phi) is 5.66. The molecule has 2 rings (SSSR count). The van der Waals surface area contributed by atoms with Crippen molar-refractivity contribution >= 4 is 44.8 Å². The van der Waals surface area contributed by atoms with Crippen molar-refractivity contribution < 1.29 is 9.59 Å². The van der Waals surface area contributed by atoms with Crippen molar-refractivity contribution in [1.29, 1.82) is 0 Å². The zero-order valence-electron chi connectivity index (χ0n) is 14.6. The second-order valence-corrected chi connectivity index (χ2v) is 7.93. The minimum atomic E-state index is -0.282. The summed E-state index contributed by atoms with van der Waals surface area (Å²) < 4.78 is 0. The van der Waals surface area contributed by atoms with Crippen LogP contribution in [-0.4, -0.2) is 33.0 Å². The van der Waals surface area contributed by atoms with Crippen molar-refractivity contribution in [2.45, 2.75) is 53.5 Å². The Hall–Kier alpha value is -1.87. The number of carbonyl (C=O) groups is 2. The molecule has 0 aliphatic rings. The molecule has 0 aliphatic heterocycles. The summed E-state index contributed by atoms with van der Waals surface area (Å²) in [4.78, 5) is 30.7. The summed E-state index contributed by atoms with van der Waals surface area (Å²) in [6.07, 6.45) is 0. The Morgan fingerprint density at radius 1 is 1.12 bits per heavy atom. The number of aryl methyl sites for hydroxylation is 1. The average molecular weight is 368 g/mol. The zero-order valence-corrected chi connectivity index (χ0v) is 16.2. The number of thiazole rings is 1. The quantitative estimate of drug-likeness (QED) is 0.874. The van der Waals surface area contributed by atoms with Gasteiger partial charge in [0.2, 0.25) is 11.0 Å². The minimum Gasteiger partial charge on any atom is -0.296 e. The maximum atomic E-state index is 12.5. The standard InChI is InChI=1S/C15H21N5O2S2/c1-7(2)13-18-19-14(24-13)17-12(22)11-9(5)16-15(23-11)20(8(3)4)10(6)21/h7-8H,1-6H3,(H,17,19,22). The third kappa shape index (κ3) is 3.96. The molecular weight excluding hydrogens is 346 g/mol. The lowest BCUT2D eigenvalue weighted by Gasteiger charge is -2.21. The molecule has 0 aromatic carbocycles. The van der Waals surface area contributed by atoms with Crippen molar-refractivity contribution in [3.05, 3.63) is 15.6 Å². The van der Waals surface area contributed by atoms with Crippen molar-refractivity contribution in [2.24, 2.45) is 0 Å². The number of amides is 2. The lowest BCUT2D eigenvalue weighted by atomic mass is 10.2. The molecule has 2 aromatic heterocycles. The smallest absolute Gasteiger partial charge is 0.269 e. The van der Waals surface area contributed by atoms with Crippen molar-refractivity contribution in [2.75, 3.05) is 10.2 Å². The van der Waals surface area contributed by atoms with E-state index >= 15 is 0 Å². The van der Waals surface area contributed by atoms with Gasteiger partial charge in [-0.15, -0.1) is 10.2 Å². The van der Waals surface area contributed by atoms with E-state index in [1.807, 2.05) is 27.7 Å². The fourth-order valence-electron chi connectivity index (χ4n) is 2.09. The predicted molar refractivity (Wildman–Crippen MR) is 97.1 cm³/mol. The SMILES string of the molecule is CC(=O)N(c1nc(C)c(C(=O)Nc2nnc(C(C)C)s2)s1)C(C)C. The highest BCUT2D eigenvalue weighted by Gasteiger charge is 2.23. The highest BCUT2D eigenvalue weighted by atomic mass is 32.1. The van der Waals surface area contributed by atoms with Crippen molar-refractivity contribution in [3.8, 4) is 0 Å². The highest BCUT2D eigenvalue weighted by Crippen LogP contribution is 2.29. The van der Waals surface area contributed by atoms with Gasteiger partial charge in [0.05, 0.1) is 5.69 Å². The predicted octanol–water partition coefficient (Wildman–Crippen LogP) is 3.44. The molecule has 9 heteroatoms. The molecule has 2 heterocycles. The van der Waals surface area contributed by atoms with Gasteiger partial charge in [-0.05, 0) is 20.8 Å². The first-order valence-corrected chi connectivity index (χ1v) is 9.26. The molecule has 7 nitrogen and oxygen atoms in total.